The molecule has 2 heterocycles. The van der Waals surface area contributed by atoms with Crippen molar-refractivity contribution in [3.8, 4) is 5.75 Å². The average Bonchev–Trinajstić information content (AvgIpc) is 2.86. The van der Waals surface area contributed by atoms with Crippen LogP contribution in [0.5, 0.6) is 5.75 Å². The fourth-order valence-electron chi connectivity index (χ4n) is 2.89. The van der Waals surface area contributed by atoms with Gasteiger partial charge in [-0.05, 0) is 30.0 Å². The lowest BCUT2D eigenvalue weighted by Gasteiger charge is -2.22. The molecule has 19 heavy (non-hydrogen) atoms. The molecule has 0 bridgehead atoms. The molecule has 4 nitrogen and oxygen atoms in total. The largest absolute Gasteiger partial charge is 0.496 e. The summed E-state index contributed by atoms with van der Waals surface area (Å²) in [4.78, 5) is 2.43. The van der Waals surface area contributed by atoms with Crippen LogP contribution in [-0.4, -0.2) is 51.1 Å². The van der Waals surface area contributed by atoms with Crippen molar-refractivity contribution >= 4 is 0 Å². The van der Waals surface area contributed by atoms with Crippen LogP contribution in [0.15, 0.2) is 18.2 Å². The van der Waals surface area contributed by atoms with Gasteiger partial charge in [-0.2, -0.15) is 0 Å². The van der Waals surface area contributed by atoms with Gasteiger partial charge >= 0.3 is 0 Å². The lowest BCUT2D eigenvalue weighted by Crippen LogP contribution is -2.34. The standard InChI is InChI=1S/C15H21NO3/c1-17-14-4-2-3-12-5-7-16(8-6-13(12)14)11-15-18-9-10-19-15/h2-4,15H,5-11H2,1H3. The Kier molecular flexibility index (Phi) is 4.01. The third-order valence-corrected chi connectivity index (χ3v) is 3.92. The highest BCUT2D eigenvalue weighted by Gasteiger charge is 2.22. The van der Waals surface area contributed by atoms with Crippen LogP contribution in [-0.2, 0) is 22.3 Å². The average molecular weight is 263 g/mol. The number of methoxy groups -OCH3 is 1. The summed E-state index contributed by atoms with van der Waals surface area (Å²) in [6, 6.07) is 6.35. The molecular formula is C15H21NO3. The van der Waals surface area contributed by atoms with Crippen LogP contribution in [0.2, 0.25) is 0 Å². The summed E-state index contributed by atoms with van der Waals surface area (Å²) in [7, 11) is 1.75. The molecule has 1 aromatic carbocycles. The van der Waals surface area contributed by atoms with E-state index in [2.05, 4.69) is 23.1 Å². The predicted molar refractivity (Wildman–Crippen MR) is 72.5 cm³/mol. The van der Waals surface area contributed by atoms with Gasteiger partial charge in [0.1, 0.15) is 5.75 Å². The lowest BCUT2D eigenvalue weighted by molar-refractivity contribution is -0.0613. The smallest absolute Gasteiger partial charge is 0.170 e. The van der Waals surface area contributed by atoms with E-state index in [0.717, 1.165) is 51.4 Å². The Morgan fingerprint density at radius 1 is 1.21 bits per heavy atom. The second-order valence-electron chi connectivity index (χ2n) is 5.07. The van der Waals surface area contributed by atoms with E-state index >= 15 is 0 Å². The van der Waals surface area contributed by atoms with Gasteiger partial charge in [0, 0.05) is 19.6 Å². The molecule has 0 amide bonds. The second-order valence-corrected chi connectivity index (χ2v) is 5.07. The number of ether oxygens (including phenoxy) is 3. The molecule has 0 unspecified atom stereocenters. The zero-order valence-electron chi connectivity index (χ0n) is 11.4. The summed E-state index contributed by atoms with van der Waals surface area (Å²) < 4.78 is 16.5. The van der Waals surface area contributed by atoms with Crippen LogP contribution in [0.3, 0.4) is 0 Å². The first kappa shape index (κ1) is 12.9. The minimum Gasteiger partial charge on any atom is -0.496 e. The van der Waals surface area contributed by atoms with Crippen LogP contribution < -0.4 is 4.74 Å². The Labute approximate surface area is 114 Å². The molecule has 0 aliphatic carbocycles. The van der Waals surface area contributed by atoms with Crippen molar-refractivity contribution in [1.29, 1.82) is 0 Å². The van der Waals surface area contributed by atoms with E-state index < -0.39 is 0 Å². The summed E-state index contributed by atoms with van der Waals surface area (Å²) in [5.41, 5.74) is 2.77. The summed E-state index contributed by atoms with van der Waals surface area (Å²) in [6.45, 7) is 4.43. The molecule has 1 saturated heterocycles. The van der Waals surface area contributed by atoms with Crippen molar-refractivity contribution in [2.45, 2.75) is 19.1 Å². The van der Waals surface area contributed by atoms with Gasteiger partial charge in [-0.25, -0.2) is 0 Å². The Bertz CT molecular complexity index is 429. The zero-order chi connectivity index (χ0) is 13.1. The fraction of sp³-hybridized carbons (Fsp3) is 0.600. The van der Waals surface area contributed by atoms with E-state index in [1.54, 1.807) is 7.11 Å². The third-order valence-electron chi connectivity index (χ3n) is 3.92. The zero-order valence-corrected chi connectivity index (χ0v) is 11.4. The van der Waals surface area contributed by atoms with Crippen molar-refractivity contribution in [2.24, 2.45) is 0 Å². The molecule has 1 fully saturated rings. The maximum atomic E-state index is 5.53. The monoisotopic (exact) mass is 263 g/mol. The highest BCUT2D eigenvalue weighted by Crippen LogP contribution is 2.26. The first-order valence-electron chi connectivity index (χ1n) is 6.97. The van der Waals surface area contributed by atoms with Crippen molar-refractivity contribution in [3.05, 3.63) is 29.3 Å². The van der Waals surface area contributed by atoms with Crippen LogP contribution in [0.1, 0.15) is 11.1 Å². The van der Waals surface area contributed by atoms with Gasteiger partial charge in [-0.3, -0.25) is 4.90 Å². The first-order valence-corrected chi connectivity index (χ1v) is 6.97. The van der Waals surface area contributed by atoms with Crippen molar-refractivity contribution in [3.63, 3.8) is 0 Å². The van der Waals surface area contributed by atoms with Gasteiger partial charge in [0.15, 0.2) is 6.29 Å². The summed E-state index contributed by atoms with van der Waals surface area (Å²) in [6.07, 6.45) is 2.06. The number of fused-ring (bicyclic) bond motifs is 1. The topological polar surface area (TPSA) is 30.9 Å². The minimum absolute atomic E-state index is 0.0388. The second kappa shape index (κ2) is 5.90. The van der Waals surface area contributed by atoms with Gasteiger partial charge < -0.3 is 14.2 Å². The van der Waals surface area contributed by atoms with E-state index in [0.29, 0.717) is 0 Å². The van der Waals surface area contributed by atoms with Gasteiger partial charge in [-0.15, -0.1) is 0 Å². The van der Waals surface area contributed by atoms with Gasteiger partial charge in [0.25, 0.3) is 0 Å². The Morgan fingerprint density at radius 2 is 2.00 bits per heavy atom. The highest BCUT2D eigenvalue weighted by atomic mass is 16.7. The first-order chi connectivity index (χ1) is 9.36. The van der Waals surface area contributed by atoms with E-state index in [4.69, 9.17) is 14.2 Å². The summed E-state index contributed by atoms with van der Waals surface area (Å²) >= 11 is 0. The molecule has 1 aromatic rings. The Morgan fingerprint density at radius 3 is 2.79 bits per heavy atom. The van der Waals surface area contributed by atoms with E-state index in [1.807, 2.05) is 0 Å². The van der Waals surface area contributed by atoms with Crippen LogP contribution in [0, 0.1) is 0 Å². The molecule has 2 aliphatic heterocycles. The molecule has 0 N–H and O–H groups in total. The van der Waals surface area contributed by atoms with Gasteiger partial charge in [0.2, 0.25) is 0 Å². The summed E-state index contributed by atoms with van der Waals surface area (Å²) in [5.74, 6) is 1.02. The summed E-state index contributed by atoms with van der Waals surface area (Å²) in [5, 5.41) is 0. The molecule has 0 aromatic heterocycles. The number of rotatable bonds is 3. The van der Waals surface area contributed by atoms with E-state index in [-0.39, 0.29) is 6.29 Å². The van der Waals surface area contributed by atoms with Crippen molar-refractivity contribution in [2.75, 3.05) is 40.0 Å². The minimum atomic E-state index is -0.0388. The molecule has 0 saturated carbocycles. The Hall–Kier alpha value is -1.10. The number of benzene rings is 1. The maximum Gasteiger partial charge on any atom is 0.170 e. The quantitative estimate of drug-likeness (QED) is 0.826. The molecule has 0 atom stereocenters. The highest BCUT2D eigenvalue weighted by molar-refractivity contribution is 5.41. The fourth-order valence-corrected chi connectivity index (χ4v) is 2.89. The molecule has 4 heteroatoms. The molecule has 0 radical (unpaired) electrons. The molecular weight excluding hydrogens is 242 g/mol. The molecule has 0 spiro atoms. The van der Waals surface area contributed by atoms with E-state index in [1.165, 1.54) is 11.1 Å². The SMILES string of the molecule is COc1cccc2c1CCN(CC1OCCO1)CC2. The van der Waals surface area contributed by atoms with Crippen LogP contribution >= 0.6 is 0 Å². The van der Waals surface area contributed by atoms with Crippen molar-refractivity contribution in [1.82, 2.24) is 4.90 Å². The number of hydrogen-bond acceptors (Lipinski definition) is 4. The maximum absolute atomic E-state index is 5.53. The lowest BCUT2D eigenvalue weighted by atomic mass is 10.0. The molecule has 2 aliphatic rings. The Balaban J connectivity index is 1.66. The van der Waals surface area contributed by atoms with Crippen molar-refractivity contribution < 1.29 is 14.2 Å². The number of nitrogens with zero attached hydrogens (tertiary/aromatic N) is 1. The predicted octanol–water partition coefficient (Wildman–Crippen LogP) is 1.47. The third kappa shape index (κ3) is 2.91. The van der Waals surface area contributed by atoms with Crippen LogP contribution in [0.4, 0.5) is 0 Å². The molecule has 3 rings (SSSR count). The molecule has 104 valence electrons. The van der Waals surface area contributed by atoms with Gasteiger partial charge in [-0.1, -0.05) is 12.1 Å². The van der Waals surface area contributed by atoms with E-state index in [9.17, 15) is 0 Å². The van der Waals surface area contributed by atoms with Gasteiger partial charge in [0.05, 0.1) is 20.3 Å². The van der Waals surface area contributed by atoms with Crippen LogP contribution in [0.25, 0.3) is 0 Å². The number of hydrogen-bond donors (Lipinski definition) is 0. The normalized spacial score (nSPS) is 21.1.